The summed E-state index contributed by atoms with van der Waals surface area (Å²) in [4.78, 5) is 44.2. The van der Waals surface area contributed by atoms with Crippen molar-refractivity contribution in [1.29, 1.82) is 0 Å². The van der Waals surface area contributed by atoms with E-state index < -0.39 is 11.8 Å². The summed E-state index contributed by atoms with van der Waals surface area (Å²) in [7, 11) is 0. The molecule has 0 aliphatic carbocycles. The largest absolute Gasteiger partial charge is 0.321 e. The minimum absolute atomic E-state index is 0.205. The Morgan fingerprint density at radius 2 is 1.50 bits per heavy atom. The summed E-state index contributed by atoms with van der Waals surface area (Å²) in [6, 6.07) is 24.8. The van der Waals surface area contributed by atoms with E-state index in [1.165, 1.54) is 23.2 Å². The lowest BCUT2D eigenvalue weighted by atomic mass is 10.0. The minimum atomic E-state index is -0.454. The van der Waals surface area contributed by atoms with Crippen molar-refractivity contribution in [3.63, 3.8) is 0 Å². The molecule has 154 valence electrons. The van der Waals surface area contributed by atoms with Crippen LogP contribution in [0.3, 0.4) is 0 Å². The lowest BCUT2D eigenvalue weighted by Gasteiger charge is -2.18. The van der Waals surface area contributed by atoms with Crippen LogP contribution in [-0.2, 0) is 0 Å². The Hall–Kier alpha value is -4.58. The lowest BCUT2D eigenvalue weighted by molar-refractivity contribution is 0.0925. The molecule has 3 aromatic carbocycles. The third-order valence-electron chi connectivity index (χ3n) is 5.30. The number of aromatic nitrogens is 1. The molecule has 32 heavy (non-hydrogen) atoms. The van der Waals surface area contributed by atoms with Crippen LogP contribution in [-0.4, -0.2) is 22.7 Å². The Bertz CT molecular complexity index is 1350. The van der Waals surface area contributed by atoms with Crippen LogP contribution in [0.4, 0.5) is 11.4 Å². The molecule has 5 rings (SSSR count). The first kappa shape index (κ1) is 19.4. The van der Waals surface area contributed by atoms with E-state index in [1.807, 2.05) is 42.5 Å². The molecule has 1 aromatic heterocycles. The van der Waals surface area contributed by atoms with Gasteiger partial charge in [0.1, 0.15) is 0 Å². The number of fused-ring (bicyclic) bond motifs is 1. The van der Waals surface area contributed by atoms with E-state index in [0.29, 0.717) is 11.4 Å². The number of hydrogen-bond acceptors (Lipinski definition) is 4. The predicted octanol–water partition coefficient (Wildman–Crippen LogP) is 4.80. The van der Waals surface area contributed by atoms with Crippen molar-refractivity contribution in [3.8, 4) is 11.1 Å². The van der Waals surface area contributed by atoms with Crippen LogP contribution in [0.5, 0.6) is 0 Å². The summed E-state index contributed by atoms with van der Waals surface area (Å²) in [6.45, 7) is 0. The molecule has 0 saturated carbocycles. The highest BCUT2D eigenvalue weighted by Crippen LogP contribution is 2.36. The van der Waals surface area contributed by atoms with E-state index in [2.05, 4.69) is 10.3 Å². The van der Waals surface area contributed by atoms with Crippen LogP contribution < -0.4 is 10.2 Å². The van der Waals surface area contributed by atoms with Gasteiger partial charge in [-0.1, -0.05) is 48.5 Å². The van der Waals surface area contributed by atoms with Crippen molar-refractivity contribution in [2.75, 3.05) is 10.2 Å². The minimum Gasteiger partial charge on any atom is -0.321 e. The van der Waals surface area contributed by atoms with Gasteiger partial charge in [-0.15, -0.1) is 0 Å². The first-order chi connectivity index (χ1) is 15.6. The summed E-state index contributed by atoms with van der Waals surface area (Å²) >= 11 is 0. The van der Waals surface area contributed by atoms with Crippen LogP contribution >= 0.6 is 0 Å². The Morgan fingerprint density at radius 3 is 2.28 bits per heavy atom. The maximum absolute atomic E-state index is 13.3. The average Bonchev–Trinajstić information content (AvgIpc) is 3.09. The second-order valence-electron chi connectivity index (χ2n) is 7.29. The molecule has 0 spiro atoms. The Labute approximate surface area is 184 Å². The van der Waals surface area contributed by atoms with Crippen LogP contribution in [0, 0.1) is 0 Å². The van der Waals surface area contributed by atoms with Crippen molar-refractivity contribution in [3.05, 3.63) is 114 Å². The fraction of sp³-hybridized carbons (Fsp3) is 0. The molecule has 4 aromatic rings. The number of pyridine rings is 1. The number of anilines is 2. The van der Waals surface area contributed by atoms with Gasteiger partial charge in [-0.05, 0) is 42.0 Å². The second kappa shape index (κ2) is 7.92. The molecule has 0 fully saturated rings. The highest BCUT2D eigenvalue weighted by atomic mass is 16.2. The zero-order valence-corrected chi connectivity index (χ0v) is 16.9. The van der Waals surface area contributed by atoms with Crippen molar-refractivity contribution in [1.82, 2.24) is 4.98 Å². The van der Waals surface area contributed by atoms with Gasteiger partial charge in [0.15, 0.2) is 0 Å². The van der Waals surface area contributed by atoms with Gasteiger partial charge in [0.25, 0.3) is 17.7 Å². The van der Waals surface area contributed by atoms with Gasteiger partial charge < -0.3 is 5.32 Å². The summed E-state index contributed by atoms with van der Waals surface area (Å²) < 4.78 is 0. The Balaban J connectivity index is 1.50. The fourth-order valence-corrected chi connectivity index (χ4v) is 3.77. The van der Waals surface area contributed by atoms with Gasteiger partial charge in [0.2, 0.25) is 0 Å². The quantitative estimate of drug-likeness (QED) is 0.482. The number of benzene rings is 3. The highest BCUT2D eigenvalue weighted by Gasteiger charge is 2.38. The van der Waals surface area contributed by atoms with E-state index in [9.17, 15) is 14.4 Å². The van der Waals surface area contributed by atoms with Crippen LogP contribution in [0.25, 0.3) is 11.1 Å². The van der Waals surface area contributed by atoms with Gasteiger partial charge in [-0.3, -0.25) is 19.4 Å². The first-order valence-electron chi connectivity index (χ1n) is 10.0. The van der Waals surface area contributed by atoms with Gasteiger partial charge >= 0.3 is 0 Å². The number of hydrogen-bond donors (Lipinski definition) is 1. The number of nitrogens with one attached hydrogen (secondary N) is 1. The van der Waals surface area contributed by atoms with Crippen LogP contribution in [0.1, 0.15) is 31.1 Å². The van der Waals surface area contributed by atoms with E-state index in [-0.39, 0.29) is 22.6 Å². The van der Waals surface area contributed by atoms with Gasteiger partial charge in [0, 0.05) is 17.3 Å². The van der Waals surface area contributed by atoms with E-state index in [1.54, 1.807) is 36.5 Å². The van der Waals surface area contributed by atoms with E-state index in [0.717, 1.165) is 11.1 Å². The molecule has 1 aliphatic rings. The number of amides is 3. The average molecular weight is 419 g/mol. The normalized spacial score (nSPS) is 12.6. The maximum atomic E-state index is 13.3. The number of nitrogens with zero attached hydrogens (tertiary/aromatic N) is 2. The number of imide groups is 1. The van der Waals surface area contributed by atoms with Crippen molar-refractivity contribution >= 4 is 29.1 Å². The molecule has 0 saturated heterocycles. The molecule has 3 amide bonds. The maximum Gasteiger partial charge on any atom is 0.266 e. The predicted molar refractivity (Wildman–Crippen MR) is 122 cm³/mol. The zero-order chi connectivity index (χ0) is 22.1. The molecular weight excluding hydrogens is 402 g/mol. The molecular formula is C26H17N3O3. The van der Waals surface area contributed by atoms with Crippen molar-refractivity contribution < 1.29 is 14.4 Å². The molecule has 1 aliphatic heterocycles. The van der Waals surface area contributed by atoms with Crippen molar-refractivity contribution in [2.45, 2.75) is 0 Å². The summed E-state index contributed by atoms with van der Waals surface area (Å²) in [5.41, 5.74) is 3.48. The number of carbonyl (C=O) groups excluding carboxylic acids is 3. The molecule has 0 unspecified atom stereocenters. The topological polar surface area (TPSA) is 79.4 Å². The SMILES string of the molecule is O=C(Nc1cccnc1)c1ccc2c(c1)C(=O)N(c1ccccc1-c1ccccc1)C2=O. The fourth-order valence-electron chi connectivity index (χ4n) is 3.77. The molecule has 0 atom stereocenters. The summed E-state index contributed by atoms with van der Waals surface area (Å²) in [5.74, 6) is -1.25. The highest BCUT2D eigenvalue weighted by molar-refractivity contribution is 6.35. The number of rotatable bonds is 4. The Morgan fingerprint density at radius 1 is 0.750 bits per heavy atom. The van der Waals surface area contributed by atoms with Crippen molar-refractivity contribution in [2.24, 2.45) is 0 Å². The van der Waals surface area contributed by atoms with Gasteiger partial charge in [-0.2, -0.15) is 0 Å². The van der Waals surface area contributed by atoms with Gasteiger partial charge in [-0.25, -0.2) is 4.90 Å². The second-order valence-corrected chi connectivity index (χ2v) is 7.29. The molecule has 6 nitrogen and oxygen atoms in total. The van der Waals surface area contributed by atoms with Crippen LogP contribution in [0.15, 0.2) is 97.3 Å². The molecule has 1 N–H and O–H groups in total. The lowest BCUT2D eigenvalue weighted by Crippen LogP contribution is -2.29. The van der Waals surface area contributed by atoms with Gasteiger partial charge in [0.05, 0.1) is 28.7 Å². The summed E-state index contributed by atoms with van der Waals surface area (Å²) in [6.07, 6.45) is 3.14. The number of para-hydroxylation sites is 1. The molecule has 0 radical (unpaired) electrons. The van der Waals surface area contributed by atoms with E-state index in [4.69, 9.17) is 0 Å². The first-order valence-corrected chi connectivity index (χ1v) is 10.0. The van der Waals surface area contributed by atoms with E-state index >= 15 is 0 Å². The standard InChI is InChI=1S/C26H17N3O3/c30-24(28-19-9-6-14-27-16-19)18-12-13-21-22(15-18)26(32)29(25(21)31)23-11-5-4-10-20(23)17-7-2-1-3-8-17/h1-16H,(H,28,30). The Kier molecular flexibility index (Phi) is 4.80. The monoisotopic (exact) mass is 419 g/mol. The third-order valence-corrected chi connectivity index (χ3v) is 5.30. The molecule has 0 bridgehead atoms. The summed E-state index contributed by atoms with van der Waals surface area (Å²) in [5, 5.41) is 2.74. The smallest absolute Gasteiger partial charge is 0.266 e. The zero-order valence-electron chi connectivity index (χ0n) is 16.9. The van der Waals surface area contributed by atoms with Crippen LogP contribution in [0.2, 0.25) is 0 Å². The molecule has 2 heterocycles. The molecule has 6 heteroatoms. The third kappa shape index (κ3) is 3.33. The number of carbonyl (C=O) groups is 3.